The molecule has 2 aliphatic heterocycles. The topological polar surface area (TPSA) is 86.8 Å². The fourth-order valence-corrected chi connectivity index (χ4v) is 5.59. The third-order valence-corrected chi connectivity index (χ3v) is 7.69. The maximum Gasteiger partial charge on any atom is 0.228 e. The summed E-state index contributed by atoms with van der Waals surface area (Å²) < 4.78 is 26.0. The monoisotopic (exact) mass is 421 g/mol. The molecule has 1 atom stereocenters. The van der Waals surface area contributed by atoms with Gasteiger partial charge in [-0.1, -0.05) is 19.1 Å². The van der Waals surface area contributed by atoms with Gasteiger partial charge in [-0.3, -0.25) is 9.59 Å². The van der Waals surface area contributed by atoms with Gasteiger partial charge in [-0.2, -0.15) is 0 Å². The Bertz CT molecular complexity index is 817. The summed E-state index contributed by atoms with van der Waals surface area (Å²) in [5.41, 5.74) is 1.59. The summed E-state index contributed by atoms with van der Waals surface area (Å²) in [4.78, 5) is 26.8. The van der Waals surface area contributed by atoms with E-state index < -0.39 is 10.0 Å². The number of rotatable bonds is 7. The summed E-state index contributed by atoms with van der Waals surface area (Å²) in [7, 11) is -3.28. The van der Waals surface area contributed by atoms with Gasteiger partial charge in [0.2, 0.25) is 21.8 Å². The van der Waals surface area contributed by atoms with Crippen molar-refractivity contribution in [2.24, 2.45) is 5.92 Å². The number of benzene rings is 1. The lowest BCUT2D eigenvalue weighted by molar-refractivity contribution is -0.129. The number of carbonyl (C=O) groups excluding carboxylic acids is 2. The van der Waals surface area contributed by atoms with E-state index in [9.17, 15) is 18.0 Å². The molecule has 0 unspecified atom stereocenters. The third kappa shape index (κ3) is 5.79. The van der Waals surface area contributed by atoms with E-state index in [2.05, 4.69) is 5.32 Å². The van der Waals surface area contributed by atoms with Crippen LogP contribution in [0.15, 0.2) is 24.3 Å². The summed E-state index contributed by atoms with van der Waals surface area (Å²) in [6.45, 7) is 4.27. The Labute approximate surface area is 173 Å². The Hall–Kier alpha value is -1.93. The van der Waals surface area contributed by atoms with Gasteiger partial charge in [-0.25, -0.2) is 12.7 Å². The molecule has 2 fully saturated rings. The number of nitrogens with zero attached hydrogens (tertiary/aromatic N) is 2. The van der Waals surface area contributed by atoms with Crippen molar-refractivity contribution in [3.63, 3.8) is 0 Å². The number of piperidine rings is 1. The van der Waals surface area contributed by atoms with Crippen LogP contribution in [-0.2, 0) is 26.0 Å². The van der Waals surface area contributed by atoms with Crippen molar-refractivity contribution in [1.82, 2.24) is 9.21 Å². The minimum absolute atomic E-state index is 0.124. The molecule has 1 aromatic rings. The van der Waals surface area contributed by atoms with Crippen LogP contribution in [0.2, 0.25) is 0 Å². The van der Waals surface area contributed by atoms with E-state index in [1.165, 1.54) is 4.31 Å². The number of carbonyl (C=O) groups is 2. The molecule has 2 saturated heterocycles. The quantitative estimate of drug-likeness (QED) is 0.732. The first-order valence-corrected chi connectivity index (χ1v) is 12.2. The van der Waals surface area contributed by atoms with E-state index in [4.69, 9.17) is 0 Å². The van der Waals surface area contributed by atoms with Crippen LogP contribution in [0.1, 0.15) is 44.6 Å². The van der Waals surface area contributed by atoms with Crippen LogP contribution in [0, 0.1) is 5.92 Å². The van der Waals surface area contributed by atoms with Crippen LogP contribution in [-0.4, -0.2) is 61.4 Å². The maximum atomic E-state index is 12.6. The number of hydrogen-bond acceptors (Lipinski definition) is 4. The standard InChI is InChI=1S/C21H31N3O4S/c1-2-14-29(27,28)24-13-5-6-18(16-24)21(26)22-19-9-7-17(8-10-19)15-20(25)23-11-3-4-12-23/h7-10,18H,2-6,11-16H2,1H3,(H,22,26)/t18-/m0/s1. The van der Waals surface area contributed by atoms with Gasteiger partial charge in [0.25, 0.3) is 0 Å². The summed E-state index contributed by atoms with van der Waals surface area (Å²) in [6, 6.07) is 7.34. The summed E-state index contributed by atoms with van der Waals surface area (Å²) in [5, 5.41) is 2.90. The highest BCUT2D eigenvalue weighted by Crippen LogP contribution is 2.22. The lowest BCUT2D eigenvalue weighted by Crippen LogP contribution is -2.44. The number of amides is 2. The molecular formula is C21H31N3O4S. The highest BCUT2D eigenvalue weighted by atomic mass is 32.2. The number of hydrogen-bond donors (Lipinski definition) is 1. The molecule has 2 aliphatic rings. The molecule has 29 heavy (non-hydrogen) atoms. The Morgan fingerprint density at radius 3 is 2.41 bits per heavy atom. The molecule has 0 aromatic heterocycles. The zero-order chi connectivity index (χ0) is 20.9. The molecule has 2 amide bonds. The van der Waals surface area contributed by atoms with E-state index in [1.807, 2.05) is 24.0 Å². The molecule has 0 saturated carbocycles. The molecule has 160 valence electrons. The van der Waals surface area contributed by atoms with Crippen LogP contribution < -0.4 is 5.32 Å². The van der Waals surface area contributed by atoms with E-state index in [0.717, 1.165) is 31.5 Å². The normalized spacial score (nSPS) is 20.6. The molecule has 2 heterocycles. The fraction of sp³-hybridized carbons (Fsp3) is 0.619. The van der Waals surface area contributed by atoms with Crippen LogP contribution in [0.5, 0.6) is 0 Å². The lowest BCUT2D eigenvalue weighted by atomic mass is 9.98. The van der Waals surface area contributed by atoms with Crippen molar-refractivity contribution in [3.05, 3.63) is 29.8 Å². The van der Waals surface area contributed by atoms with Crippen molar-refractivity contribution < 1.29 is 18.0 Å². The van der Waals surface area contributed by atoms with E-state index in [0.29, 0.717) is 37.9 Å². The van der Waals surface area contributed by atoms with Gasteiger partial charge in [-0.05, 0) is 49.8 Å². The second kappa shape index (κ2) is 9.71. The predicted molar refractivity (Wildman–Crippen MR) is 113 cm³/mol. The minimum Gasteiger partial charge on any atom is -0.342 e. The molecule has 7 nitrogen and oxygen atoms in total. The van der Waals surface area contributed by atoms with E-state index in [1.54, 1.807) is 12.1 Å². The number of anilines is 1. The minimum atomic E-state index is -3.28. The first kappa shape index (κ1) is 21.8. The van der Waals surface area contributed by atoms with Gasteiger partial charge in [0.15, 0.2) is 0 Å². The SMILES string of the molecule is CCCS(=O)(=O)N1CCC[C@H](C(=O)Nc2ccc(CC(=O)N3CCCC3)cc2)C1. The second-order valence-electron chi connectivity index (χ2n) is 7.96. The predicted octanol–water partition coefficient (Wildman–Crippen LogP) is 2.24. The van der Waals surface area contributed by atoms with Crippen molar-refractivity contribution in [2.75, 3.05) is 37.2 Å². The van der Waals surface area contributed by atoms with Crippen LogP contribution in [0.25, 0.3) is 0 Å². The number of sulfonamides is 1. The van der Waals surface area contributed by atoms with Gasteiger partial charge in [0.05, 0.1) is 18.1 Å². The Balaban J connectivity index is 1.54. The number of nitrogens with one attached hydrogen (secondary N) is 1. The van der Waals surface area contributed by atoms with Crippen molar-refractivity contribution in [3.8, 4) is 0 Å². The molecule has 3 rings (SSSR count). The van der Waals surface area contributed by atoms with Gasteiger partial charge in [-0.15, -0.1) is 0 Å². The lowest BCUT2D eigenvalue weighted by Gasteiger charge is -2.31. The van der Waals surface area contributed by atoms with Crippen LogP contribution in [0.4, 0.5) is 5.69 Å². The van der Waals surface area contributed by atoms with Crippen LogP contribution >= 0.6 is 0 Å². The molecule has 0 spiro atoms. The molecule has 1 N–H and O–H groups in total. The van der Waals surface area contributed by atoms with Gasteiger partial charge < -0.3 is 10.2 Å². The largest absolute Gasteiger partial charge is 0.342 e. The summed E-state index contributed by atoms with van der Waals surface area (Å²) >= 11 is 0. The average Bonchev–Trinajstić information content (AvgIpc) is 3.24. The Kier molecular flexibility index (Phi) is 7.29. The maximum absolute atomic E-state index is 12.6. The molecule has 8 heteroatoms. The Morgan fingerprint density at radius 2 is 1.76 bits per heavy atom. The van der Waals surface area contributed by atoms with Crippen molar-refractivity contribution >= 4 is 27.5 Å². The van der Waals surface area contributed by atoms with Crippen molar-refractivity contribution in [2.45, 2.75) is 45.4 Å². The van der Waals surface area contributed by atoms with E-state index >= 15 is 0 Å². The van der Waals surface area contributed by atoms with Crippen molar-refractivity contribution in [1.29, 1.82) is 0 Å². The molecule has 0 bridgehead atoms. The average molecular weight is 422 g/mol. The van der Waals surface area contributed by atoms with E-state index in [-0.39, 0.29) is 30.0 Å². The number of likely N-dealkylation sites (tertiary alicyclic amines) is 1. The molecular weight excluding hydrogens is 390 g/mol. The first-order chi connectivity index (χ1) is 13.9. The highest BCUT2D eigenvalue weighted by Gasteiger charge is 2.31. The fourth-order valence-electron chi connectivity index (χ4n) is 4.00. The van der Waals surface area contributed by atoms with Gasteiger partial charge >= 0.3 is 0 Å². The smallest absolute Gasteiger partial charge is 0.228 e. The third-order valence-electron chi connectivity index (χ3n) is 5.65. The zero-order valence-electron chi connectivity index (χ0n) is 17.1. The van der Waals surface area contributed by atoms with Crippen LogP contribution in [0.3, 0.4) is 0 Å². The second-order valence-corrected chi connectivity index (χ2v) is 10.1. The molecule has 1 aromatic carbocycles. The molecule has 0 radical (unpaired) electrons. The Morgan fingerprint density at radius 1 is 1.07 bits per heavy atom. The zero-order valence-corrected chi connectivity index (χ0v) is 17.9. The summed E-state index contributed by atoms with van der Waals surface area (Å²) in [6.07, 6.45) is 4.48. The first-order valence-electron chi connectivity index (χ1n) is 10.5. The molecule has 0 aliphatic carbocycles. The van der Waals surface area contributed by atoms with Gasteiger partial charge in [0, 0.05) is 31.9 Å². The summed E-state index contributed by atoms with van der Waals surface area (Å²) in [5.74, 6) is -0.220. The van der Waals surface area contributed by atoms with Gasteiger partial charge in [0.1, 0.15) is 0 Å². The highest BCUT2D eigenvalue weighted by molar-refractivity contribution is 7.89.